The lowest BCUT2D eigenvalue weighted by atomic mass is 9.95. The van der Waals surface area contributed by atoms with Crippen LogP contribution >= 0.6 is 23.7 Å². The van der Waals surface area contributed by atoms with Crippen LogP contribution in [0.1, 0.15) is 26.8 Å². The van der Waals surface area contributed by atoms with E-state index in [1.54, 1.807) is 0 Å². The first-order valence-electron chi connectivity index (χ1n) is 7.50. The van der Waals surface area contributed by atoms with Gasteiger partial charge in [0.1, 0.15) is 9.09 Å². The monoisotopic (exact) mass is 402 g/mol. The first-order chi connectivity index (χ1) is 11.5. The Morgan fingerprint density at radius 1 is 1.32 bits per heavy atom. The standard InChI is InChI=1S/C16H18N2O4S2.ClH/c1-22-16(19)14-6-7-15(23-14)24(20,21)18-10-13-12-5-3-2-4-11(12)8-9-17-13;/h2-7,13,17-18H,8-10H2,1H3;1H. The molecule has 2 heterocycles. The van der Waals surface area contributed by atoms with Crippen molar-refractivity contribution in [1.82, 2.24) is 10.0 Å². The lowest BCUT2D eigenvalue weighted by molar-refractivity contribution is 0.0606. The molecule has 1 unspecified atom stereocenters. The molecule has 1 aromatic heterocycles. The minimum absolute atomic E-state index is 0. The third-order valence-corrected chi connectivity index (χ3v) is 6.91. The number of benzene rings is 1. The average molecular weight is 403 g/mol. The van der Waals surface area contributed by atoms with Crippen LogP contribution in [-0.4, -0.2) is 34.6 Å². The fourth-order valence-electron chi connectivity index (χ4n) is 2.71. The maximum absolute atomic E-state index is 12.4. The van der Waals surface area contributed by atoms with Gasteiger partial charge in [0, 0.05) is 12.6 Å². The smallest absolute Gasteiger partial charge is 0.348 e. The Labute approximate surface area is 157 Å². The second-order valence-corrected chi connectivity index (χ2v) is 8.50. The number of ether oxygens (including phenoxy) is 1. The van der Waals surface area contributed by atoms with Crippen molar-refractivity contribution in [3.05, 3.63) is 52.4 Å². The fourth-order valence-corrected chi connectivity index (χ4v) is 5.03. The van der Waals surface area contributed by atoms with E-state index in [1.807, 2.05) is 18.2 Å². The summed E-state index contributed by atoms with van der Waals surface area (Å²) in [6, 6.07) is 10.8. The molecule has 3 rings (SSSR count). The van der Waals surface area contributed by atoms with Crippen LogP contribution in [0.2, 0.25) is 0 Å². The van der Waals surface area contributed by atoms with Gasteiger partial charge in [-0.15, -0.1) is 23.7 Å². The molecule has 0 bridgehead atoms. The third kappa shape index (κ3) is 4.39. The van der Waals surface area contributed by atoms with Crippen LogP contribution in [0.15, 0.2) is 40.6 Å². The van der Waals surface area contributed by atoms with Crippen LogP contribution in [0.5, 0.6) is 0 Å². The highest BCUT2D eigenvalue weighted by Crippen LogP contribution is 2.24. The van der Waals surface area contributed by atoms with Crippen LogP contribution in [-0.2, 0) is 21.2 Å². The molecule has 1 atom stereocenters. The molecule has 0 saturated heterocycles. The number of carbonyl (C=O) groups excluding carboxylic acids is 1. The predicted octanol–water partition coefficient (Wildman–Crippen LogP) is 2.12. The SMILES string of the molecule is COC(=O)c1ccc(S(=O)(=O)NCC2NCCc3ccccc32)s1.Cl. The summed E-state index contributed by atoms with van der Waals surface area (Å²) >= 11 is 0.899. The molecular formula is C16H19ClN2O4S2. The van der Waals surface area contributed by atoms with Gasteiger partial charge in [-0.1, -0.05) is 24.3 Å². The number of hydrogen-bond donors (Lipinski definition) is 2. The van der Waals surface area contributed by atoms with Crippen molar-refractivity contribution in [2.75, 3.05) is 20.2 Å². The number of esters is 1. The predicted molar refractivity (Wildman–Crippen MR) is 99.0 cm³/mol. The zero-order valence-corrected chi connectivity index (χ0v) is 16.0. The van der Waals surface area contributed by atoms with Crippen molar-refractivity contribution >= 4 is 39.7 Å². The Bertz CT molecular complexity index is 851. The second-order valence-electron chi connectivity index (χ2n) is 5.42. The van der Waals surface area contributed by atoms with E-state index in [2.05, 4.69) is 20.8 Å². The van der Waals surface area contributed by atoms with Gasteiger partial charge in [-0.05, 0) is 36.2 Å². The van der Waals surface area contributed by atoms with Crippen molar-refractivity contribution in [3.63, 3.8) is 0 Å². The zero-order chi connectivity index (χ0) is 17.2. The van der Waals surface area contributed by atoms with E-state index in [1.165, 1.54) is 24.8 Å². The van der Waals surface area contributed by atoms with Crippen LogP contribution < -0.4 is 10.0 Å². The van der Waals surface area contributed by atoms with Crippen molar-refractivity contribution in [3.8, 4) is 0 Å². The van der Waals surface area contributed by atoms with Crippen molar-refractivity contribution in [2.24, 2.45) is 0 Å². The minimum atomic E-state index is -3.66. The highest BCUT2D eigenvalue weighted by molar-refractivity contribution is 7.91. The normalized spacial score (nSPS) is 16.6. The molecule has 0 saturated carbocycles. The number of nitrogens with one attached hydrogen (secondary N) is 2. The molecule has 9 heteroatoms. The summed E-state index contributed by atoms with van der Waals surface area (Å²) in [6.45, 7) is 1.07. The maximum atomic E-state index is 12.4. The summed E-state index contributed by atoms with van der Waals surface area (Å²) in [6.07, 6.45) is 0.937. The first kappa shape index (κ1) is 19.9. The van der Waals surface area contributed by atoms with Gasteiger partial charge in [-0.2, -0.15) is 0 Å². The van der Waals surface area contributed by atoms with Crippen molar-refractivity contribution in [2.45, 2.75) is 16.7 Å². The summed E-state index contributed by atoms with van der Waals surface area (Å²) in [4.78, 5) is 11.7. The van der Waals surface area contributed by atoms with E-state index in [0.29, 0.717) is 0 Å². The van der Waals surface area contributed by atoms with Gasteiger partial charge >= 0.3 is 5.97 Å². The largest absolute Gasteiger partial charge is 0.465 e. The molecule has 2 N–H and O–H groups in total. The zero-order valence-electron chi connectivity index (χ0n) is 13.5. The van der Waals surface area contributed by atoms with Gasteiger partial charge in [0.2, 0.25) is 10.0 Å². The molecule has 1 aliphatic rings. The van der Waals surface area contributed by atoms with Crippen LogP contribution in [0.3, 0.4) is 0 Å². The van der Waals surface area contributed by atoms with Gasteiger partial charge in [-0.25, -0.2) is 17.9 Å². The van der Waals surface area contributed by atoms with E-state index >= 15 is 0 Å². The van der Waals surface area contributed by atoms with E-state index < -0.39 is 16.0 Å². The molecular weight excluding hydrogens is 384 g/mol. The van der Waals surface area contributed by atoms with Crippen molar-refractivity contribution in [1.29, 1.82) is 0 Å². The summed E-state index contributed by atoms with van der Waals surface area (Å²) in [7, 11) is -2.40. The van der Waals surface area contributed by atoms with Crippen LogP contribution in [0.4, 0.5) is 0 Å². The van der Waals surface area contributed by atoms with Crippen molar-refractivity contribution < 1.29 is 17.9 Å². The quantitative estimate of drug-likeness (QED) is 0.748. The van der Waals surface area contributed by atoms with E-state index in [4.69, 9.17) is 0 Å². The molecule has 0 fully saturated rings. The fraction of sp³-hybridized carbons (Fsp3) is 0.312. The Kier molecular flexibility index (Phi) is 6.59. The van der Waals surface area contributed by atoms with Crippen LogP contribution in [0.25, 0.3) is 0 Å². The third-order valence-electron chi connectivity index (χ3n) is 3.93. The lowest BCUT2D eigenvalue weighted by Gasteiger charge is -2.27. The number of carbonyl (C=O) groups is 1. The molecule has 1 aliphatic heterocycles. The first-order valence-corrected chi connectivity index (χ1v) is 9.80. The summed E-state index contributed by atoms with van der Waals surface area (Å²) < 4.78 is 32.2. The van der Waals surface area contributed by atoms with Gasteiger partial charge in [0.25, 0.3) is 0 Å². The van der Waals surface area contributed by atoms with E-state index in [0.717, 1.165) is 29.9 Å². The summed E-state index contributed by atoms with van der Waals surface area (Å²) in [5, 5.41) is 3.33. The summed E-state index contributed by atoms with van der Waals surface area (Å²) in [5.74, 6) is -0.538. The minimum Gasteiger partial charge on any atom is -0.465 e. The molecule has 0 aliphatic carbocycles. The highest BCUT2D eigenvalue weighted by atomic mass is 35.5. The number of methoxy groups -OCH3 is 1. The Balaban J connectivity index is 0.00000225. The molecule has 136 valence electrons. The molecule has 2 aromatic rings. The molecule has 0 radical (unpaired) electrons. The van der Waals surface area contributed by atoms with E-state index in [-0.39, 0.29) is 34.1 Å². The number of hydrogen-bond acceptors (Lipinski definition) is 6. The molecule has 25 heavy (non-hydrogen) atoms. The lowest BCUT2D eigenvalue weighted by Crippen LogP contribution is -2.38. The number of halogens is 1. The average Bonchev–Trinajstić information content (AvgIpc) is 3.10. The van der Waals surface area contributed by atoms with Gasteiger partial charge in [-0.3, -0.25) is 0 Å². The highest BCUT2D eigenvalue weighted by Gasteiger charge is 2.24. The topological polar surface area (TPSA) is 84.5 Å². The molecule has 6 nitrogen and oxygen atoms in total. The molecule has 0 amide bonds. The van der Waals surface area contributed by atoms with Gasteiger partial charge in [0.15, 0.2) is 0 Å². The Morgan fingerprint density at radius 3 is 2.84 bits per heavy atom. The van der Waals surface area contributed by atoms with E-state index in [9.17, 15) is 13.2 Å². The van der Waals surface area contributed by atoms with Gasteiger partial charge < -0.3 is 10.1 Å². The van der Waals surface area contributed by atoms with Gasteiger partial charge in [0.05, 0.1) is 7.11 Å². The molecule has 1 aromatic carbocycles. The number of sulfonamides is 1. The second kappa shape index (κ2) is 8.29. The Hall–Kier alpha value is -1.45. The number of thiophene rings is 1. The summed E-state index contributed by atoms with van der Waals surface area (Å²) in [5.41, 5.74) is 2.36. The molecule has 0 spiro atoms. The maximum Gasteiger partial charge on any atom is 0.348 e. The number of rotatable bonds is 5. The van der Waals surface area contributed by atoms with Crippen LogP contribution in [0, 0.1) is 0 Å². The Morgan fingerprint density at radius 2 is 2.08 bits per heavy atom. The number of fused-ring (bicyclic) bond motifs is 1.